The van der Waals surface area contributed by atoms with Crippen LogP contribution in [0.25, 0.3) is 0 Å². The van der Waals surface area contributed by atoms with E-state index in [1.54, 1.807) is 0 Å². The Kier molecular flexibility index (Phi) is 4.36. The molecule has 17 heavy (non-hydrogen) atoms. The first kappa shape index (κ1) is 12.8. The standard InChI is InChI=1S/C12H22N2O3/c1-9-2-4-14(11(9)8-15)12(16)6-10-7-13-3-5-17-10/h9-11,13,15H,2-8H2,1H3. The molecule has 2 aliphatic heterocycles. The molecular formula is C12H22N2O3. The number of amides is 1. The molecule has 3 unspecified atom stereocenters. The lowest BCUT2D eigenvalue weighted by atomic mass is 10.0. The number of likely N-dealkylation sites (tertiary alicyclic amines) is 1. The molecule has 2 heterocycles. The van der Waals surface area contributed by atoms with E-state index in [4.69, 9.17) is 4.74 Å². The molecule has 2 saturated heterocycles. The van der Waals surface area contributed by atoms with Gasteiger partial charge in [-0.3, -0.25) is 4.79 Å². The molecule has 2 rings (SSSR count). The van der Waals surface area contributed by atoms with Crippen LogP contribution in [-0.4, -0.2) is 60.9 Å². The molecule has 1 amide bonds. The molecule has 2 N–H and O–H groups in total. The van der Waals surface area contributed by atoms with Gasteiger partial charge in [0, 0.05) is 19.6 Å². The van der Waals surface area contributed by atoms with Crippen LogP contribution in [0.2, 0.25) is 0 Å². The molecule has 5 nitrogen and oxygen atoms in total. The largest absolute Gasteiger partial charge is 0.394 e. The summed E-state index contributed by atoms with van der Waals surface area (Å²) in [5.74, 6) is 0.511. The smallest absolute Gasteiger partial charge is 0.225 e. The highest BCUT2D eigenvalue weighted by Gasteiger charge is 2.34. The molecule has 0 bridgehead atoms. The van der Waals surface area contributed by atoms with E-state index in [0.717, 1.165) is 26.1 Å². The fourth-order valence-electron chi connectivity index (χ4n) is 2.66. The maximum Gasteiger partial charge on any atom is 0.225 e. The normalized spacial score (nSPS) is 34.0. The van der Waals surface area contributed by atoms with Crippen LogP contribution in [0.1, 0.15) is 19.8 Å². The number of aliphatic hydroxyl groups is 1. The summed E-state index contributed by atoms with van der Waals surface area (Å²) in [6.45, 7) is 5.22. The van der Waals surface area contributed by atoms with Gasteiger partial charge in [-0.05, 0) is 12.3 Å². The van der Waals surface area contributed by atoms with Crippen molar-refractivity contribution in [3.05, 3.63) is 0 Å². The van der Waals surface area contributed by atoms with Crippen LogP contribution < -0.4 is 5.32 Å². The van der Waals surface area contributed by atoms with E-state index in [2.05, 4.69) is 12.2 Å². The van der Waals surface area contributed by atoms with Crippen LogP contribution in [0.3, 0.4) is 0 Å². The lowest BCUT2D eigenvalue weighted by Gasteiger charge is -2.29. The van der Waals surface area contributed by atoms with Gasteiger partial charge in [0.15, 0.2) is 0 Å². The van der Waals surface area contributed by atoms with Gasteiger partial charge in [0.05, 0.1) is 31.8 Å². The summed E-state index contributed by atoms with van der Waals surface area (Å²) in [5, 5.41) is 12.5. The molecule has 0 aromatic heterocycles. The number of nitrogens with one attached hydrogen (secondary N) is 1. The van der Waals surface area contributed by atoms with Crippen molar-refractivity contribution in [2.75, 3.05) is 32.8 Å². The molecule has 2 aliphatic rings. The number of rotatable bonds is 3. The molecule has 98 valence electrons. The fourth-order valence-corrected chi connectivity index (χ4v) is 2.66. The van der Waals surface area contributed by atoms with Crippen LogP contribution >= 0.6 is 0 Å². The zero-order chi connectivity index (χ0) is 12.3. The first-order chi connectivity index (χ1) is 8.22. The van der Waals surface area contributed by atoms with Crippen molar-refractivity contribution < 1.29 is 14.6 Å². The topological polar surface area (TPSA) is 61.8 Å². The van der Waals surface area contributed by atoms with Crippen molar-refractivity contribution in [2.24, 2.45) is 5.92 Å². The molecular weight excluding hydrogens is 220 g/mol. The van der Waals surface area contributed by atoms with Crippen LogP contribution in [-0.2, 0) is 9.53 Å². The van der Waals surface area contributed by atoms with Crippen molar-refractivity contribution in [3.63, 3.8) is 0 Å². The third kappa shape index (κ3) is 2.97. The van der Waals surface area contributed by atoms with Gasteiger partial charge in [-0.2, -0.15) is 0 Å². The van der Waals surface area contributed by atoms with Gasteiger partial charge < -0.3 is 20.1 Å². The average molecular weight is 242 g/mol. The van der Waals surface area contributed by atoms with Crippen LogP contribution in [0.15, 0.2) is 0 Å². The molecule has 0 spiro atoms. The predicted octanol–water partition coefficient (Wildman–Crippen LogP) is -0.406. The second kappa shape index (κ2) is 5.80. The zero-order valence-electron chi connectivity index (χ0n) is 10.4. The van der Waals surface area contributed by atoms with E-state index in [9.17, 15) is 9.90 Å². The highest BCUT2D eigenvalue weighted by atomic mass is 16.5. The molecule has 0 aromatic rings. The predicted molar refractivity (Wildman–Crippen MR) is 63.6 cm³/mol. The SMILES string of the molecule is CC1CCN(C(=O)CC2CNCCO2)C1CO. The van der Waals surface area contributed by atoms with Gasteiger partial charge in [-0.1, -0.05) is 6.92 Å². The Morgan fingerprint density at radius 1 is 1.59 bits per heavy atom. The minimum Gasteiger partial charge on any atom is -0.394 e. The maximum absolute atomic E-state index is 12.1. The summed E-state index contributed by atoms with van der Waals surface area (Å²) in [4.78, 5) is 14.0. The zero-order valence-corrected chi connectivity index (χ0v) is 10.4. The minimum absolute atomic E-state index is 0.000880. The molecule has 3 atom stereocenters. The highest BCUT2D eigenvalue weighted by molar-refractivity contribution is 5.77. The molecule has 0 aromatic carbocycles. The Balaban J connectivity index is 1.86. The Morgan fingerprint density at radius 3 is 3.06 bits per heavy atom. The number of morpholine rings is 1. The lowest BCUT2D eigenvalue weighted by molar-refractivity contribution is -0.136. The van der Waals surface area contributed by atoms with Gasteiger partial charge in [-0.25, -0.2) is 0 Å². The number of nitrogens with zero attached hydrogens (tertiary/aromatic N) is 1. The van der Waals surface area contributed by atoms with E-state index in [-0.39, 0.29) is 24.7 Å². The van der Waals surface area contributed by atoms with E-state index in [0.29, 0.717) is 18.9 Å². The van der Waals surface area contributed by atoms with Crippen molar-refractivity contribution in [1.29, 1.82) is 0 Å². The first-order valence-corrected chi connectivity index (χ1v) is 6.45. The second-order valence-electron chi connectivity index (χ2n) is 5.00. The van der Waals surface area contributed by atoms with Crippen LogP contribution in [0.4, 0.5) is 0 Å². The Bertz CT molecular complexity index is 266. The summed E-state index contributed by atoms with van der Waals surface area (Å²) in [6.07, 6.45) is 1.41. The van der Waals surface area contributed by atoms with Gasteiger partial charge in [-0.15, -0.1) is 0 Å². The van der Waals surface area contributed by atoms with Gasteiger partial charge >= 0.3 is 0 Å². The third-order valence-electron chi connectivity index (χ3n) is 3.80. The van der Waals surface area contributed by atoms with Crippen molar-refractivity contribution >= 4 is 5.91 Å². The monoisotopic (exact) mass is 242 g/mol. The van der Waals surface area contributed by atoms with Gasteiger partial charge in [0.2, 0.25) is 5.91 Å². The number of hydrogen-bond donors (Lipinski definition) is 2. The minimum atomic E-state index is -0.00787. The number of carbonyl (C=O) groups excluding carboxylic acids is 1. The highest BCUT2D eigenvalue weighted by Crippen LogP contribution is 2.24. The Hall–Kier alpha value is -0.650. The molecule has 0 saturated carbocycles. The second-order valence-corrected chi connectivity index (χ2v) is 5.00. The maximum atomic E-state index is 12.1. The van der Waals surface area contributed by atoms with Crippen molar-refractivity contribution in [1.82, 2.24) is 10.2 Å². The van der Waals surface area contributed by atoms with Crippen molar-refractivity contribution in [2.45, 2.75) is 31.9 Å². The summed E-state index contributed by atoms with van der Waals surface area (Å²) in [7, 11) is 0. The first-order valence-electron chi connectivity index (χ1n) is 6.45. The van der Waals surface area contributed by atoms with E-state index < -0.39 is 0 Å². The summed E-state index contributed by atoms with van der Waals surface area (Å²) < 4.78 is 5.53. The Morgan fingerprint density at radius 2 is 2.41 bits per heavy atom. The summed E-state index contributed by atoms with van der Waals surface area (Å²) in [5.41, 5.74) is 0. The summed E-state index contributed by atoms with van der Waals surface area (Å²) in [6, 6.07) is -0.000880. The van der Waals surface area contributed by atoms with E-state index in [1.165, 1.54) is 0 Å². The molecule has 2 fully saturated rings. The van der Waals surface area contributed by atoms with E-state index >= 15 is 0 Å². The molecule has 5 heteroatoms. The van der Waals surface area contributed by atoms with Gasteiger partial charge in [0.25, 0.3) is 0 Å². The average Bonchev–Trinajstić information content (AvgIpc) is 2.71. The molecule has 0 radical (unpaired) electrons. The number of aliphatic hydroxyl groups excluding tert-OH is 1. The van der Waals surface area contributed by atoms with Crippen molar-refractivity contribution in [3.8, 4) is 0 Å². The Labute approximate surface area is 102 Å². The number of carbonyl (C=O) groups is 1. The van der Waals surface area contributed by atoms with E-state index in [1.807, 2.05) is 4.90 Å². The summed E-state index contributed by atoms with van der Waals surface area (Å²) >= 11 is 0. The molecule has 0 aliphatic carbocycles. The third-order valence-corrected chi connectivity index (χ3v) is 3.80. The number of ether oxygens (including phenoxy) is 1. The number of hydrogen-bond acceptors (Lipinski definition) is 4. The van der Waals surface area contributed by atoms with Gasteiger partial charge in [0.1, 0.15) is 0 Å². The van der Waals surface area contributed by atoms with Crippen LogP contribution in [0, 0.1) is 5.92 Å². The van der Waals surface area contributed by atoms with Crippen LogP contribution in [0.5, 0.6) is 0 Å². The lowest BCUT2D eigenvalue weighted by Crippen LogP contribution is -2.45. The quantitative estimate of drug-likeness (QED) is 0.706. The fraction of sp³-hybridized carbons (Fsp3) is 0.917.